The SMILES string of the molecule is CC(C)N1CCC(c2ccc(-c3cc4c(N5CCN(C(=O)OC6COC6)CC5)ccnn4c3)cc2)CC1. The number of anilines is 1. The highest BCUT2D eigenvalue weighted by molar-refractivity contribution is 5.80. The molecule has 8 nitrogen and oxygen atoms in total. The summed E-state index contributed by atoms with van der Waals surface area (Å²) in [6.45, 7) is 10.8. The average molecular weight is 504 g/mol. The fourth-order valence-corrected chi connectivity index (χ4v) is 5.75. The first-order valence-corrected chi connectivity index (χ1v) is 13.6. The number of ether oxygens (including phenoxy) is 2. The lowest BCUT2D eigenvalue weighted by Gasteiger charge is -2.37. The van der Waals surface area contributed by atoms with Gasteiger partial charge in [0.1, 0.15) is 0 Å². The van der Waals surface area contributed by atoms with E-state index in [0.717, 1.165) is 24.3 Å². The average Bonchev–Trinajstić information content (AvgIpc) is 3.35. The van der Waals surface area contributed by atoms with Crippen LogP contribution >= 0.6 is 0 Å². The third-order valence-corrected chi connectivity index (χ3v) is 8.22. The maximum absolute atomic E-state index is 12.4. The minimum Gasteiger partial charge on any atom is -0.441 e. The first kappa shape index (κ1) is 24.2. The largest absolute Gasteiger partial charge is 0.441 e. The topological polar surface area (TPSA) is 62.5 Å². The lowest BCUT2D eigenvalue weighted by atomic mass is 9.88. The number of carbonyl (C=O) groups is 1. The molecule has 3 aliphatic heterocycles. The monoisotopic (exact) mass is 503 g/mol. The van der Waals surface area contributed by atoms with Crippen molar-refractivity contribution >= 4 is 17.3 Å². The second kappa shape index (κ2) is 10.3. The van der Waals surface area contributed by atoms with Crippen molar-refractivity contribution in [2.75, 3.05) is 57.4 Å². The highest BCUT2D eigenvalue weighted by atomic mass is 16.6. The van der Waals surface area contributed by atoms with E-state index < -0.39 is 0 Å². The van der Waals surface area contributed by atoms with Crippen molar-refractivity contribution in [1.29, 1.82) is 0 Å². The van der Waals surface area contributed by atoms with Crippen molar-refractivity contribution in [1.82, 2.24) is 19.4 Å². The standard InChI is InChI=1S/C29H37N5O3/c1-21(2)31-11-8-24(9-12-31)22-3-5-23(6-4-22)25-17-28-27(7-10-30-34(28)18-25)32-13-15-33(16-14-32)29(35)37-26-19-36-20-26/h3-7,10,17-18,21,24,26H,8-9,11-16,19-20H2,1-2H3. The zero-order valence-corrected chi connectivity index (χ0v) is 21.9. The van der Waals surface area contributed by atoms with E-state index in [1.165, 1.54) is 42.6 Å². The molecule has 0 unspecified atom stereocenters. The summed E-state index contributed by atoms with van der Waals surface area (Å²) in [5.41, 5.74) is 6.08. The van der Waals surface area contributed by atoms with Gasteiger partial charge in [0, 0.05) is 50.2 Å². The highest BCUT2D eigenvalue weighted by Gasteiger charge is 2.29. The molecular formula is C29H37N5O3. The van der Waals surface area contributed by atoms with Crippen LogP contribution in [-0.4, -0.2) is 90.1 Å². The number of carbonyl (C=O) groups excluding carboxylic acids is 1. The number of piperidine rings is 1. The summed E-state index contributed by atoms with van der Waals surface area (Å²) in [5.74, 6) is 0.656. The molecule has 3 aliphatic rings. The molecule has 0 N–H and O–H groups in total. The van der Waals surface area contributed by atoms with Gasteiger partial charge in [0.25, 0.3) is 0 Å². The normalized spacial score (nSPS) is 20.0. The quantitative estimate of drug-likeness (QED) is 0.519. The Morgan fingerprint density at radius 3 is 2.35 bits per heavy atom. The van der Waals surface area contributed by atoms with E-state index in [9.17, 15) is 4.79 Å². The van der Waals surface area contributed by atoms with Gasteiger partial charge in [-0.3, -0.25) is 0 Å². The van der Waals surface area contributed by atoms with E-state index in [-0.39, 0.29) is 12.2 Å². The number of likely N-dealkylation sites (tertiary alicyclic amines) is 1. The van der Waals surface area contributed by atoms with E-state index in [1.54, 1.807) is 4.90 Å². The molecule has 8 heteroatoms. The number of hydrogen-bond acceptors (Lipinski definition) is 6. The van der Waals surface area contributed by atoms with E-state index in [4.69, 9.17) is 9.47 Å². The summed E-state index contributed by atoms with van der Waals surface area (Å²) in [6, 6.07) is 14.1. The molecule has 6 rings (SSSR count). The second-order valence-corrected chi connectivity index (χ2v) is 10.8. The maximum Gasteiger partial charge on any atom is 0.410 e. The molecule has 2 aromatic heterocycles. The van der Waals surface area contributed by atoms with Gasteiger partial charge in [0.2, 0.25) is 0 Å². The Morgan fingerprint density at radius 2 is 1.70 bits per heavy atom. The fraction of sp³-hybridized carbons (Fsp3) is 0.517. The molecule has 3 saturated heterocycles. The summed E-state index contributed by atoms with van der Waals surface area (Å²) in [5, 5.41) is 4.58. The zero-order valence-electron chi connectivity index (χ0n) is 21.9. The second-order valence-electron chi connectivity index (χ2n) is 10.8. The summed E-state index contributed by atoms with van der Waals surface area (Å²) >= 11 is 0. The predicted molar refractivity (Wildman–Crippen MR) is 144 cm³/mol. The van der Waals surface area contributed by atoms with Crippen molar-refractivity contribution in [3.63, 3.8) is 0 Å². The smallest absolute Gasteiger partial charge is 0.410 e. The Morgan fingerprint density at radius 1 is 0.973 bits per heavy atom. The van der Waals surface area contributed by atoms with Gasteiger partial charge in [0.15, 0.2) is 6.10 Å². The van der Waals surface area contributed by atoms with E-state index in [2.05, 4.69) is 71.3 Å². The minimum atomic E-state index is -0.230. The number of nitrogens with zero attached hydrogens (tertiary/aromatic N) is 5. The number of amides is 1. The zero-order chi connectivity index (χ0) is 25.4. The van der Waals surface area contributed by atoms with Gasteiger partial charge in [-0.15, -0.1) is 0 Å². The molecule has 5 heterocycles. The lowest BCUT2D eigenvalue weighted by Crippen LogP contribution is -2.51. The molecule has 0 bridgehead atoms. The number of hydrogen-bond donors (Lipinski definition) is 0. The van der Waals surface area contributed by atoms with E-state index in [1.807, 2.05) is 10.7 Å². The van der Waals surface area contributed by atoms with Crippen molar-refractivity contribution in [2.45, 2.75) is 44.8 Å². The van der Waals surface area contributed by atoms with Gasteiger partial charge in [0.05, 0.1) is 24.4 Å². The minimum absolute atomic E-state index is 0.0866. The van der Waals surface area contributed by atoms with Crippen molar-refractivity contribution in [2.24, 2.45) is 0 Å². The lowest BCUT2D eigenvalue weighted by molar-refractivity contribution is -0.104. The molecular weight excluding hydrogens is 466 g/mol. The molecule has 196 valence electrons. The van der Waals surface area contributed by atoms with E-state index in [0.29, 0.717) is 38.3 Å². The van der Waals surface area contributed by atoms with Crippen LogP contribution < -0.4 is 4.90 Å². The van der Waals surface area contributed by atoms with Crippen LogP contribution in [0, 0.1) is 0 Å². The third-order valence-electron chi connectivity index (χ3n) is 8.22. The molecule has 1 aromatic carbocycles. The maximum atomic E-state index is 12.4. The Labute approximate surface area is 218 Å². The Bertz CT molecular complexity index is 1220. The Hall–Kier alpha value is -3.10. The van der Waals surface area contributed by atoms with Crippen LogP contribution in [-0.2, 0) is 9.47 Å². The van der Waals surface area contributed by atoms with Crippen LogP contribution in [0.2, 0.25) is 0 Å². The molecule has 3 fully saturated rings. The van der Waals surface area contributed by atoms with Gasteiger partial charge in [-0.2, -0.15) is 5.10 Å². The molecule has 3 aromatic rings. The summed E-state index contributed by atoms with van der Waals surface area (Å²) in [7, 11) is 0. The number of piperazine rings is 1. The van der Waals surface area contributed by atoms with Crippen LogP contribution in [0.4, 0.5) is 10.5 Å². The van der Waals surface area contributed by atoms with Gasteiger partial charge in [-0.05, 0) is 69.0 Å². The summed E-state index contributed by atoms with van der Waals surface area (Å²) in [4.78, 5) is 19.1. The van der Waals surface area contributed by atoms with Gasteiger partial charge in [-0.25, -0.2) is 9.31 Å². The molecule has 37 heavy (non-hydrogen) atoms. The third kappa shape index (κ3) is 5.05. The first-order valence-electron chi connectivity index (χ1n) is 13.6. The molecule has 0 spiro atoms. The summed E-state index contributed by atoms with van der Waals surface area (Å²) < 4.78 is 12.6. The molecule has 0 aliphatic carbocycles. The predicted octanol–water partition coefficient (Wildman–Crippen LogP) is 4.25. The van der Waals surface area contributed by atoms with Crippen LogP contribution in [0.3, 0.4) is 0 Å². The fourth-order valence-electron chi connectivity index (χ4n) is 5.75. The Balaban J connectivity index is 1.13. The Kier molecular flexibility index (Phi) is 6.78. The van der Waals surface area contributed by atoms with Gasteiger partial charge < -0.3 is 24.2 Å². The molecule has 0 saturated carbocycles. The van der Waals surface area contributed by atoms with Crippen LogP contribution in [0.25, 0.3) is 16.6 Å². The van der Waals surface area contributed by atoms with Gasteiger partial charge >= 0.3 is 6.09 Å². The molecule has 1 amide bonds. The van der Waals surface area contributed by atoms with Crippen molar-refractivity contribution in [3.05, 3.63) is 54.4 Å². The van der Waals surface area contributed by atoms with Crippen molar-refractivity contribution in [3.8, 4) is 11.1 Å². The number of fused-ring (bicyclic) bond motifs is 1. The van der Waals surface area contributed by atoms with Crippen molar-refractivity contribution < 1.29 is 14.3 Å². The number of benzene rings is 1. The van der Waals surface area contributed by atoms with E-state index >= 15 is 0 Å². The van der Waals surface area contributed by atoms with Crippen LogP contribution in [0.1, 0.15) is 38.2 Å². The van der Waals surface area contributed by atoms with Crippen LogP contribution in [0.15, 0.2) is 48.8 Å². The first-order chi connectivity index (χ1) is 18.0. The number of rotatable bonds is 5. The summed E-state index contributed by atoms with van der Waals surface area (Å²) in [6.07, 6.45) is 6.13. The highest BCUT2D eigenvalue weighted by Crippen LogP contribution is 2.32. The van der Waals surface area contributed by atoms with Crippen LogP contribution in [0.5, 0.6) is 0 Å². The number of aromatic nitrogens is 2. The van der Waals surface area contributed by atoms with Gasteiger partial charge in [-0.1, -0.05) is 24.3 Å². The molecule has 0 radical (unpaired) electrons. The molecule has 0 atom stereocenters.